The number of alkyl halides is 3. The van der Waals surface area contributed by atoms with E-state index in [1.807, 2.05) is 13.0 Å². The second-order valence-corrected chi connectivity index (χ2v) is 18.6. The number of carbonyl (C=O) groups is 2. The summed E-state index contributed by atoms with van der Waals surface area (Å²) in [6.45, 7) is 8.36. The molecule has 3 aromatic rings. The van der Waals surface area contributed by atoms with Crippen molar-refractivity contribution in [2.24, 2.45) is 0 Å². The largest absolute Gasteiger partial charge is 0.494 e. The van der Waals surface area contributed by atoms with E-state index in [4.69, 9.17) is 21.1 Å². The highest BCUT2D eigenvalue weighted by molar-refractivity contribution is 7.14. The summed E-state index contributed by atoms with van der Waals surface area (Å²) in [5.74, 6) is -0.582. The van der Waals surface area contributed by atoms with Gasteiger partial charge in [-0.25, -0.2) is 4.79 Å². The third kappa shape index (κ3) is 11.5. The molecule has 0 aliphatic heterocycles. The summed E-state index contributed by atoms with van der Waals surface area (Å²) in [6.07, 6.45) is -4.82. The number of benzene rings is 1. The molecule has 0 aliphatic rings. The zero-order chi connectivity index (χ0) is 32.5. The predicted octanol–water partition coefficient (Wildman–Crippen LogP) is 5.88. The van der Waals surface area contributed by atoms with Crippen LogP contribution >= 0.6 is 22.9 Å². The van der Waals surface area contributed by atoms with Gasteiger partial charge in [0.05, 0.1) is 17.5 Å². The molecule has 0 unspecified atom stereocenters. The molecule has 1 atom stereocenters. The minimum atomic E-state index is -4.27. The van der Waals surface area contributed by atoms with Gasteiger partial charge in [0.25, 0.3) is 0 Å². The predicted molar refractivity (Wildman–Crippen MR) is 164 cm³/mol. The molecule has 2 aromatic heterocycles. The lowest BCUT2D eigenvalue weighted by atomic mass is 10.00. The lowest BCUT2D eigenvalue weighted by Gasteiger charge is -2.20. The van der Waals surface area contributed by atoms with Crippen molar-refractivity contribution in [3.63, 3.8) is 0 Å². The number of nitrogens with one attached hydrogen (secondary N) is 1. The van der Waals surface area contributed by atoms with Crippen LogP contribution in [0.1, 0.15) is 52.3 Å². The van der Waals surface area contributed by atoms with Crippen molar-refractivity contribution in [3.8, 4) is 5.75 Å². The van der Waals surface area contributed by atoms with Crippen molar-refractivity contribution < 1.29 is 32.2 Å². The highest BCUT2D eigenvalue weighted by Gasteiger charge is 2.27. The minimum Gasteiger partial charge on any atom is -0.494 e. The zero-order valence-corrected chi connectivity index (χ0v) is 27.7. The van der Waals surface area contributed by atoms with E-state index in [0.29, 0.717) is 17.0 Å². The molecule has 10 nitrogen and oxygen atoms in total. The van der Waals surface area contributed by atoms with E-state index in [-0.39, 0.29) is 42.7 Å². The number of hydrogen-bond donors (Lipinski definition) is 1. The van der Waals surface area contributed by atoms with Gasteiger partial charge in [-0.15, -0.1) is 11.3 Å². The van der Waals surface area contributed by atoms with Gasteiger partial charge in [0, 0.05) is 37.4 Å². The molecule has 16 heteroatoms. The Labute approximate surface area is 263 Å². The number of carbonyl (C=O) groups excluding carboxylic acids is 2. The van der Waals surface area contributed by atoms with Gasteiger partial charge in [-0.05, 0) is 59.1 Å². The topological polar surface area (TPSA) is 117 Å². The molecule has 0 fully saturated rings. The van der Waals surface area contributed by atoms with Crippen LogP contribution in [0.4, 0.5) is 13.2 Å². The number of hydrogen-bond acceptors (Lipinski definition) is 8. The average molecular weight is 676 g/mol. The molecule has 44 heavy (non-hydrogen) atoms. The van der Waals surface area contributed by atoms with Crippen LogP contribution in [0, 0.1) is 0 Å². The second-order valence-electron chi connectivity index (χ2n) is 11.4. The van der Waals surface area contributed by atoms with Crippen molar-refractivity contribution in [3.05, 3.63) is 61.2 Å². The third-order valence-corrected chi connectivity index (χ3v) is 9.73. The van der Waals surface area contributed by atoms with E-state index >= 15 is 0 Å². The summed E-state index contributed by atoms with van der Waals surface area (Å²) in [4.78, 5) is 40.5. The van der Waals surface area contributed by atoms with E-state index in [0.717, 1.165) is 26.7 Å². The fourth-order valence-electron chi connectivity index (χ4n) is 3.98. The van der Waals surface area contributed by atoms with Crippen molar-refractivity contribution in [1.82, 2.24) is 25.1 Å². The number of amides is 1. The summed E-state index contributed by atoms with van der Waals surface area (Å²) in [5, 5.41) is 10.5. The molecule has 3 rings (SSSR count). The Morgan fingerprint density at radius 1 is 1.11 bits per heavy atom. The van der Waals surface area contributed by atoms with Crippen LogP contribution in [0.2, 0.25) is 30.7 Å². The SMILES string of the molecule is CCc1ccc(C(=O)C[C@H](NC(=O)Cn2nnn(COCC[Si](C)(C)C)c2=O)c2ccc(OCCCC(F)(F)F)cc2Cl)s1. The van der Waals surface area contributed by atoms with E-state index in [1.54, 1.807) is 12.1 Å². The molecule has 0 saturated carbocycles. The average Bonchev–Trinajstić information content (AvgIpc) is 3.55. The van der Waals surface area contributed by atoms with Crippen LogP contribution in [-0.2, 0) is 29.2 Å². The number of halogens is 4. The molecule has 1 aromatic carbocycles. The molecule has 0 spiro atoms. The summed E-state index contributed by atoms with van der Waals surface area (Å²) in [5.41, 5.74) is -0.230. The van der Waals surface area contributed by atoms with Crippen LogP contribution in [0.25, 0.3) is 0 Å². The molecule has 0 saturated heterocycles. The number of tetrazole rings is 1. The highest BCUT2D eigenvalue weighted by atomic mass is 35.5. The minimum absolute atomic E-state index is 0.0944. The number of nitrogens with zero attached hydrogens (tertiary/aromatic N) is 4. The van der Waals surface area contributed by atoms with Crippen LogP contribution in [0.5, 0.6) is 5.75 Å². The normalized spacial score (nSPS) is 12.7. The van der Waals surface area contributed by atoms with Crippen LogP contribution in [0.15, 0.2) is 35.1 Å². The number of thiophene rings is 1. The van der Waals surface area contributed by atoms with E-state index in [9.17, 15) is 27.6 Å². The van der Waals surface area contributed by atoms with Crippen LogP contribution in [-0.4, -0.2) is 58.9 Å². The summed E-state index contributed by atoms with van der Waals surface area (Å²) in [7, 11) is -1.31. The molecule has 0 bridgehead atoms. The van der Waals surface area contributed by atoms with Gasteiger partial charge >= 0.3 is 11.9 Å². The molecule has 0 aliphatic carbocycles. The summed E-state index contributed by atoms with van der Waals surface area (Å²) >= 11 is 7.88. The molecule has 242 valence electrons. The number of ketones is 1. The molecule has 0 radical (unpaired) electrons. The highest BCUT2D eigenvalue weighted by Crippen LogP contribution is 2.31. The van der Waals surface area contributed by atoms with Gasteiger partial charge in [0.2, 0.25) is 5.91 Å². The fraction of sp³-hybridized carbons (Fsp3) is 0.536. The lowest BCUT2D eigenvalue weighted by Crippen LogP contribution is -2.36. The Hall–Kier alpha value is -3.01. The quantitative estimate of drug-likeness (QED) is 0.108. The van der Waals surface area contributed by atoms with Crippen molar-refractivity contribution in [1.29, 1.82) is 0 Å². The number of Topliss-reactive ketones (excluding diaryl/α,β-unsaturated/α-hetero) is 1. The molecule has 2 heterocycles. The number of rotatable bonds is 17. The fourth-order valence-corrected chi connectivity index (χ4v) is 5.93. The molecule has 1 N–H and O–H groups in total. The van der Waals surface area contributed by atoms with Crippen LogP contribution in [0.3, 0.4) is 0 Å². The maximum atomic E-state index is 13.2. The second kappa shape index (κ2) is 15.8. The Morgan fingerprint density at radius 2 is 1.84 bits per heavy atom. The van der Waals surface area contributed by atoms with Crippen molar-refractivity contribution >= 4 is 42.7 Å². The Morgan fingerprint density at radius 3 is 2.48 bits per heavy atom. The Balaban J connectivity index is 1.72. The van der Waals surface area contributed by atoms with E-state index in [1.165, 1.54) is 23.5 Å². The standard InChI is InChI=1S/C28H37ClF3N5O5SSi/c1-5-20-8-10-25(43-20)24(38)16-23(21-9-7-19(15-22(21)29)42-12-6-11-28(30,31)32)33-26(39)17-36-27(40)37(35-34-36)18-41-13-14-44(2,3)4/h7-10,15,23H,5-6,11-14,16-18H2,1-4H3,(H,33,39)/t23-/m0/s1. The summed E-state index contributed by atoms with van der Waals surface area (Å²) < 4.78 is 50.2. The first-order chi connectivity index (χ1) is 20.6. The van der Waals surface area contributed by atoms with Gasteiger partial charge in [0.1, 0.15) is 19.0 Å². The van der Waals surface area contributed by atoms with Crippen molar-refractivity contribution in [2.75, 3.05) is 13.2 Å². The van der Waals surface area contributed by atoms with Crippen molar-refractivity contribution in [2.45, 2.75) is 83.8 Å². The number of aryl methyl sites for hydroxylation is 1. The van der Waals surface area contributed by atoms with Gasteiger partial charge < -0.3 is 14.8 Å². The van der Waals surface area contributed by atoms with Gasteiger partial charge in [-0.1, -0.05) is 44.2 Å². The maximum Gasteiger partial charge on any atom is 0.389 e. The first kappa shape index (κ1) is 35.5. The zero-order valence-electron chi connectivity index (χ0n) is 25.1. The van der Waals surface area contributed by atoms with Gasteiger partial charge in [-0.2, -0.15) is 22.5 Å². The van der Waals surface area contributed by atoms with Gasteiger partial charge in [-0.3, -0.25) is 9.59 Å². The first-order valence-corrected chi connectivity index (χ1v) is 19.0. The number of aromatic nitrogens is 4. The summed E-state index contributed by atoms with van der Waals surface area (Å²) in [6, 6.07) is 8.11. The molecular weight excluding hydrogens is 639 g/mol. The third-order valence-electron chi connectivity index (χ3n) is 6.43. The smallest absolute Gasteiger partial charge is 0.389 e. The van der Waals surface area contributed by atoms with E-state index in [2.05, 4.69) is 35.4 Å². The maximum absolute atomic E-state index is 13.2. The number of ether oxygens (including phenoxy) is 2. The van der Waals surface area contributed by atoms with Gasteiger partial charge in [0.15, 0.2) is 5.78 Å². The monoisotopic (exact) mass is 675 g/mol. The molecule has 1 amide bonds. The Kier molecular flexibility index (Phi) is 12.8. The first-order valence-electron chi connectivity index (χ1n) is 14.1. The van der Waals surface area contributed by atoms with Crippen LogP contribution < -0.4 is 15.7 Å². The molecular formula is C28H37ClF3N5O5SSi. The lowest BCUT2D eigenvalue weighted by molar-refractivity contribution is -0.136. The Bertz CT molecular complexity index is 1470. The van der Waals surface area contributed by atoms with E-state index < -0.39 is 44.9 Å².